The van der Waals surface area contributed by atoms with E-state index < -0.39 is 32.4 Å². The number of hydrogen-bond donors (Lipinski definition) is 2. The third-order valence-corrected chi connectivity index (χ3v) is 7.98. The van der Waals surface area contributed by atoms with Gasteiger partial charge in [0.1, 0.15) is 4.90 Å². The molecule has 35 heavy (non-hydrogen) atoms. The Balaban J connectivity index is 1.64. The number of sulfone groups is 1. The molecule has 0 aromatic heterocycles. The Morgan fingerprint density at radius 1 is 0.943 bits per heavy atom. The van der Waals surface area contributed by atoms with Crippen LogP contribution in [0.2, 0.25) is 5.02 Å². The van der Waals surface area contributed by atoms with Crippen molar-refractivity contribution in [2.75, 3.05) is 24.2 Å². The molecule has 1 amide bonds. The van der Waals surface area contributed by atoms with Crippen molar-refractivity contribution in [1.82, 2.24) is 5.32 Å². The molecule has 0 spiro atoms. The molecule has 3 aromatic rings. The van der Waals surface area contributed by atoms with Crippen LogP contribution in [0.15, 0.2) is 82.6 Å². The van der Waals surface area contributed by atoms with Gasteiger partial charge in [-0.25, -0.2) is 8.42 Å². The average molecular weight is 543 g/mol. The Hall–Kier alpha value is -2.69. The molecule has 11 heteroatoms. The number of nitrogens with one attached hydrogen (secondary N) is 2. The van der Waals surface area contributed by atoms with Crippen LogP contribution in [-0.4, -0.2) is 33.2 Å². The van der Waals surface area contributed by atoms with E-state index in [1.165, 1.54) is 30.3 Å². The van der Waals surface area contributed by atoms with Crippen molar-refractivity contribution >= 4 is 44.8 Å². The van der Waals surface area contributed by atoms with Gasteiger partial charge in [0.25, 0.3) is 0 Å². The summed E-state index contributed by atoms with van der Waals surface area (Å²) in [5.41, 5.74) is -0.509. The predicted molar refractivity (Wildman–Crippen MR) is 132 cm³/mol. The fraction of sp³-hybridized carbons (Fsp3) is 0.208. The second-order valence-corrected chi connectivity index (χ2v) is 10.8. The topological polar surface area (TPSA) is 75.3 Å². The van der Waals surface area contributed by atoms with Crippen molar-refractivity contribution in [2.24, 2.45) is 0 Å². The lowest BCUT2D eigenvalue weighted by molar-refractivity contribution is -0.139. The van der Waals surface area contributed by atoms with Gasteiger partial charge < -0.3 is 10.6 Å². The van der Waals surface area contributed by atoms with E-state index >= 15 is 0 Å². The molecule has 0 saturated heterocycles. The summed E-state index contributed by atoms with van der Waals surface area (Å²) in [5, 5.41) is 5.88. The lowest BCUT2D eigenvalue weighted by Gasteiger charge is -2.18. The first-order valence-electron chi connectivity index (χ1n) is 10.4. The van der Waals surface area contributed by atoms with E-state index in [9.17, 15) is 26.4 Å². The van der Waals surface area contributed by atoms with Crippen LogP contribution in [0.5, 0.6) is 0 Å². The number of benzene rings is 3. The SMILES string of the molecule is O=C(CNc1cccc(C(F)(F)F)c1S(=O)(=O)c1ccccc1)NCCSCc1ccc(Cl)cc1. The fourth-order valence-corrected chi connectivity index (χ4v) is 5.78. The van der Waals surface area contributed by atoms with Crippen molar-refractivity contribution in [3.8, 4) is 0 Å². The number of amides is 1. The van der Waals surface area contributed by atoms with Crippen LogP contribution in [0, 0.1) is 0 Å². The first-order chi connectivity index (χ1) is 16.6. The molecular weight excluding hydrogens is 521 g/mol. The van der Waals surface area contributed by atoms with E-state index in [2.05, 4.69) is 10.6 Å². The molecule has 186 valence electrons. The van der Waals surface area contributed by atoms with Crippen molar-refractivity contribution in [3.05, 3.63) is 88.9 Å². The van der Waals surface area contributed by atoms with Crippen molar-refractivity contribution < 1.29 is 26.4 Å². The van der Waals surface area contributed by atoms with E-state index in [1.54, 1.807) is 30.0 Å². The second-order valence-electron chi connectivity index (χ2n) is 7.38. The van der Waals surface area contributed by atoms with E-state index in [0.29, 0.717) is 23.4 Å². The second kappa shape index (κ2) is 11.8. The zero-order valence-electron chi connectivity index (χ0n) is 18.3. The molecule has 0 fully saturated rings. The summed E-state index contributed by atoms with van der Waals surface area (Å²) in [5.74, 6) is 0.875. The highest BCUT2D eigenvalue weighted by Crippen LogP contribution is 2.40. The molecule has 3 aromatic carbocycles. The maximum absolute atomic E-state index is 13.7. The summed E-state index contributed by atoms with van der Waals surface area (Å²) in [6.07, 6.45) is -4.90. The van der Waals surface area contributed by atoms with E-state index in [4.69, 9.17) is 11.6 Å². The molecule has 5 nitrogen and oxygen atoms in total. The van der Waals surface area contributed by atoms with Crippen molar-refractivity contribution in [3.63, 3.8) is 0 Å². The summed E-state index contributed by atoms with van der Waals surface area (Å²) in [4.78, 5) is 11.0. The van der Waals surface area contributed by atoms with E-state index in [-0.39, 0.29) is 17.1 Å². The standard InChI is InChI=1S/C24H22ClF3N2O3S2/c25-18-11-9-17(10-12-18)16-34-14-13-29-22(31)15-30-21-8-4-7-20(24(26,27)28)23(21)35(32,33)19-5-2-1-3-6-19/h1-12,30H,13-16H2,(H,29,31). The monoisotopic (exact) mass is 542 g/mol. The van der Waals surface area contributed by atoms with Crippen LogP contribution in [-0.2, 0) is 26.6 Å². The predicted octanol–water partition coefficient (Wildman–Crippen LogP) is 5.65. The molecule has 0 saturated carbocycles. The molecule has 0 unspecified atom stereocenters. The van der Waals surface area contributed by atoms with Gasteiger partial charge in [-0.15, -0.1) is 0 Å². The molecule has 2 N–H and O–H groups in total. The van der Waals surface area contributed by atoms with Crippen LogP contribution >= 0.6 is 23.4 Å². The van der Waals surface area contributed by atoms with E-state index in [0.717, 1.165) is 17.4 Å². The number of carbonyl (C=O) groups is 1. The van der Waals surface area contributed by atoms with Crippen LogP contribution in [0.4, 0.5) is 18.9 Å². The minimum absolute atomic E-state index is 0.276. The third kappa shape index (κ3) is 7.39. The van der Waals surface area contributed by atoms with E-state index in [1.807, 2.05) is 12.1 Å². The molecule has 3 rings (SSSR count). The Morgan fingerprint density at radius 3 is 2.29 bits per heavy atom. The summed E-state index contributed by atoms with van der Waals surface area (Å²) >= 11 is 7.45. The number of anilines is 1. The first kappa shape index (κ1) is 26.9. The Bertz CT molecular complexity index is 1250. The number of thioether (sulfide) groups is 1. The molecule has 0 bridgehead atoms. The molecule has 0 atom stereocenters. The first-order valence-corrected chi connectivity index (χ1v) is 13.4. The number of rotatable bonds is 10. The highest BCUT2D eigenvalue weighted by Gasteiger charge is 2.39. The lowest BCUT2D eigenvalue weighted by atomic mass is 10.2. The zero-order chi connectivity index (χ0) is 25.5. The van der Waals surface area contributed by atoms with Gasteiger partial charge in [-0.05, 0) is 42.0 Å². The van der Waals surface area contributed by atoms with Gasteiger partial charge in [0.2, 0.25) is 15.7 Å². The lowest BCUT2D eigenvalue weighted by Crippen LogP contribution is -2.32. The molecule has 0 aliphatic heterocycles. The van der Waals surface area contributed by atoms with Gasteiger partial charge in [0.05, 0.1) is 22.7 Å². The Kier molecular flexibility index (Phi) is 9.09. The zero-order valence-corrected chi connectivity index (χ0v) is 20.7. The number of halogens is 4. The van der Waals surface area contributed by atoms with Gasteiger partial charge >= 0.3 is 6.18 Å². The van der Waals surface area contributed by atoms with Gasteiger partial charge in [-0.3, -0.25) is 4.79 Å². The summed E-state index contributed by atoms with van der Waals surface area (Å²) in [6.45, 7) is -0.0446. The Morgan fingerprint density at radius 2 is 1.63 bits per heavy atom. The summed E-state index contributed by atoms with van der Waals surface area (Å²) in [7, 11) is -4.51. The highest BCUT2D eigenvalue weighted by molar-refractivity contribution is 7.98. The quantitative estimate of drug-likeness (QED) is 0.324. The van der Waals surface area contributed by atoms with Crippen LogP contribution in [0.3, 0.4) is 0 Å². The molecule has 0 radical (unpaired) electrons. The third-order valence-electron chi connectivity index (χ3n) is 4.83. The van der Waals surface area contributed by atoms with Gasteiger partial charge in [-0.2, -0.15) is 24.9 Å². The van der Waals surface area contributed by atoms with Gasteiger partial charge in [-0.1, -0.05) is 48.0 Å². The maximum atomic E-state index is 13.7. The maximum Gasteiger partial charge on any atom is 0.417 e. The van der Waals surface area contributed by atoms with Crippen molar-refractivity contribution in [2.45, 2.75) is 21.7 Å². The van der Waals surface area contributed by atoms with Crippen LogP contribution in [0.1, 0.15) is 11.1 Å². The van der Waals surface area contributed by atoms with Gasteiger partial charge in [0.15, 0.2) is 0 Å². The number of hydrogen-bond acceptors (Lipinski definition) is 5. The van der Waals surface area contributed by atoms with Crippen LogP contribution < -0.4 is 10.6 Å². The van der Waals surface area contributed by atoms with Crippen LogP contribution in [0.25, 0.3) is 0 Å². The van der Waals surface area contributed by atoms with Gasteiger partial charge in [0, 0.05) is 23.1 Å². The minimum Gasteiger partial charge on any atom is -0.375 e. The molecule has 0 aliphatic rings. The average Bonchev–Trinajstić information content (AvgIpc) is 2.83. The molecule has 0 aliphatic carbocycles. The normalized spacial score (nSPS) is 11.8. The Labute approximate surface area is 211 Å². The number of alkyl halides is 3. The summed E-state index contributed by atoms with van der Waals surface area (Å²) in [6, 6.07) is 17.3. The molecule has 0 heterocycles. The molecular formula is C24H22ClF3N2O3S2. The smallest absolute Gasteiger partial charge is 0.375 e. The summed E-state index contributed by atoms with van der Waals surface area (Å²) < 4.78 is 67.2. The minimum atomic E-state index is -4.90. The largest absolute Gasteiger partial charge is 0.417 e. The highest BCUT2D eigenvalue weighted by atomic mass is 35.5. The number of carbonyl (C=O) groups excluding carboxylic acids is 1. The fourth-order valence-electron chi connectivity index (χ4n) is 3.18. The van der Waals surface area contributed by atoms with Crippen molar-refractivity contribution in [1.29, 1.82) is 0 Å².